The Morgan fingerprint density at radius 2 is 1.97 bits per heavy atom. The lowest BCUT2D eigenvalue weighted by molar-refractivity contribution is 0.405. The molecule has 154 valence electrons. The summed E-state index contributed by atoms with van der Waals surface area (Å²) in [6, 6.07) is 11.3. The van der Waals surface area contributed by atoms with Crippen LogP contribution in [0, 0.1) is 0 Å². The first-order chi connectivity index (χ1) is 14.5. The number of hydrogen-bond donors (Lipinski definition) is 1. The second-order valence-electron chi connectivity index (χ2n) is 7.28. The maximum atomic E-state index is 6.64. The van der Waals surface area contributed by atoms with Crippen molar-refractivity contribution < 1.29 is 9.47 Å². The number of rotatable bonds is 6. The predicted octanol–water partition coefficient (Wildman–Crippen LogP) is 6.78. The summed E-state index contributed by atoms with van der Waals surface area (Å²) in [5, 5.41) is 0.777. The summed E-state index contributed by atoms with van der Waals surface area (Å²) in [6.45, 7) is 4.20. The molecule has 0 saturated heterocycles. The van der Waals surface area contributed by atoms with Gasteiger partial charge in [0.05, 0.1) is 17.6 Å². The van der Waals surface area contributed by atoms with Crippen molar-refractivity contribution in [2.45, 2.75) is 26.2 Å². The third-order valence-electron chi connectivity index (χ3n) is 4.81. The van der Waals surface area contributed by atoms with E-state index in [0.29, 0.717) is 33.5 Å². The molecular weight excluding hydrogens is 421 g/mol. The molecule has 1 N–H and O–H groups in total. The molecule has 0 saturated carbocycles. The Morgan fingerprint density at radius 1 is 1.13 bits per heavy atom. The van der Waals surface area contributed by atoms with Gasteiger partial charge in [0.15, 0.2) is 5.75 Å². The number of halogens is 2. The summed E-state index contributed by atoms with van der Waals surface area (Å²) < 4.78 is 11.5. The van der Waals surface area contributed by atoms with Gasteiger partial charge in [0.25, 0.3) is 0 Å². The van der Waals surface area contributed by atoms with Crippen molar-refractivity contribution in [3.05, 3.63) is 75.8 Å². The van der Waals surface area contributed by atoms with Crippen LogP contribution >= 0.6 is 23.2 Å². The van der Waals surface area contributed by atoms with E-state index in [1.807, 2.05) is 36.5 Å². The van der Waals surface area contributed by atoms with E-state index < -0.39 is 0 Å². The highest BCUT2D eigenvalue weighted by molar-refractivity contribution is 6.40. The SMILES string of the molecule is COc1ccc(Oc2c(Cl)cc3[nH]c(Cc4cccnc4)nc3c2Cl)cc1C(C)C. The Kier molecular flexibility index (Phi) is 5.84. The van der Waals surface area contributed by atoms with Crippen LogP contribution in [0.15, 0.2) is 48.8 Å². The van der Waals surface area contributed by atoms with Gasteiger partial charge in [0.1, 0.15) is 27.9 Å². The second-order valence-corrected chi connectivity index (χ2v) is 8.06. The lowest BCUT2D eigenvalue weighted by Crippen LogP contribution is -1.96. The van der Waals surface area contributed by atoms with E-state index in [1.165, 1.54) is 0 Å². The number of pyridine rings is 1. The molecule has 0 atom stereocenters. The number of benzene rings is 2. The zero-order valence-electron chi connectivity index (χ0n) is 16.9. The number of aromatic nitrogens is 3. The molecule has 0 amide bonds. The summed E-state index contributed by atoms with van der Waals surface area (Å²) >= 11 is 13.1. The maximum absolute atomic E-state index is 6.64. The van der Waals surface area contributed by atoms with Gasteiger partial charge < -0.3 is 14.5 Å². The molecule has 0 fully saturated rings. The molecule has 0 aliphatic carbocycles. The van der Waals surface area contributed by atoms with Crippen LogP contribution < -0.4 is 9.47 Å². The molecule has 5 nitrogen and oxygen atoms in total. The lowest BCUT2D eigenvalue weighted by atomic mass is 10.0. The molecule has 2 heterocycles. The third-order valence-corrected chi connectivity index (χ3v) is 5.44. The number of nitrogens with zero attached hydrogens (tertiary/aromatic N) is 2. The minimum absolute atomic E-state index is 0.276. The summed E-state index contributed by atoms with van der Waals surface area (Å²) in [5.74, 6) is 2.88. The molecule has 4 rings (SSSR count). The Bertz CT molecular complexity index is 1190. The van der Waals surface area contributed by atoms with Gasteiger partial charge in [-0.2, -0.15) is 0 Å². The fraction of sp³-hybridized carbons (Fsp3) is 0.217. The summed E-state index contributed by atoms with van der Waals surface area (Å²) in [5.41, 5.74) is 3.47. The van der Waals surface area contributed by atoms with Crippen LogP contribution in [0.2, 0.25) is 10.0 Å². The van der Waals surface area contributed by atoms with Crippen LogP contribution in [0.1, 0.15) is 36.7 Å². The number of H-pyrrole nitrogens is 1. The van der Waals surface area contributed by atoms with Crippen LogP contribution in [0.3, 0.4) is 0 Å². The minimum atomic E-state index is 0.276. The van der Waals surface area contributed by atoms with Crippen LogP contribution in [-0.4, -0.2) is 22.1 Å². The van der Waals surface area contributed by atoms with Crippen molar-refractivity contribution in [3.63, 3.8) is 0 Å². The number of ether oxygens (including phenoxy) is 2. The van der Waals surface area contributed by atoms with Crippen LogP contribution in [0.4, 0.5) is 0 Å². The number of hydrogen-bond acceptors (Lipinski definition) is 4. The summed E-state index contributed by atoms with van der Waals surface area (Å²) in [7, 11) is 1.66. The lowest BCUT2D eigenvalue weighted by Gasteiger charge is -2.15. The van der Waals surface area contributed by atoms with Crippen LogP contribution in [0.25, 0.3) is 11.0 Å². The highest BCUT2D eigenvalue weighted by Crippen LogP contribution is 2.42. The average molecular weight is 442 g/mol. The number of methoxy groups -OCH3 is 1. The Hall–Kier alpha value is -2.76. The smallest absolute Gasteiger partial charge is 0.166 e. The van der Waals surface area contributed by atoms with Crippen LogP contribution in [0.5, 0.6) is 17.2 Å². The van der Waals surface area contributed by atoms with Gasteiger partial charge in [-0.15, -0.1) is 0 Å². The number of fused-ring (bicyclic) bond motifs is 1. The standard InChI is InChI=1S/C23H21Cl2N3O2/c1-13(2)16-10-15(6-7-19(16)29-3)30-23-17(24)11-18-22(21(23)25)28-20(27-18)9-14-5-4-8-26-12-14/h4-8,10-13H,9H2,1-3H3,(H,27,28). The molecule has 2 aromatic heterocycles. The average Bonchev–Trinajstić information content (AvgIpc) is 3.14. The minimum Gasteiger partial charge on any atom is -0.496 e. The molecular formula is C23H21Cl2N3O2. The van der Waals surface area contributed by atoms with E-state index in [2.05, 4.69) is 28.8 Å². The van der Waals surface area contributed by atoms with Crippen molar-refractivity contribution in [1.29, 1.82) is 0 Å². The first-order valence-electron chi connectivity index (χ1n) is 9.57. The van der Waals surface area contributed by atoms with Gasteiger partial charge in [0.2, 0.25) is 0 Å². The number of nitrogens with one attached hydrogen (secondary N) is 1. The third kappa shape index (κ3) is 4.09. The quantitative estimate of drug-likeness (QED) is 0.358. The van der Waals surface area contributed by atoms with Gasteiger partial charge in [-0.05, 0) is 41.8 Å². The summed E-state index contributed by atoms with van der Waals surface area (Å²) in [4.78, 5) is 12.1. The topological polar surface area (TPSA) is 60.0 Å². The molecule has 0 aliphatic rings. The van der Waals surface area contributed by atoms with Crippen LogP contribution in [-0.2, 0) is 6.42 Å². The van der Waals surface area contributed by atoms with Crippen molar-refractivity contribution in [1.82, 2.24) is 15.0 Å². The van der Waals surface area contributed by atoms with Gasteiger partial charge in [-0.1, -0.05) is 43.1 Å². The molecule has 0 spiro atoms. The number of imidazole rings is 1. The van der Waals surface area contributed by atoms with Gasteiger partial charge in [-0.25, -0.2) is 4.98 Å². The van der Waals surface area contributed by atoms with E-state index in [4.69, 9.17) is 32.7 Å². The Morgan fingerprint density at radius 3 is 2.67 bits per heavy atom. The van der Waals surface area contributed by atoms with E-state index in [-0.39, 0.29) is 5.92 Å². The monoisotopic (exact) mass is 441 g/mol. The largest absolute Gasteiger partial charge is 0.496 e. The van der Waals surface area contributed by atoms with E-state index in [1.54, 1.807) is 19.4 Å². The molecule has 0 unspecified atom stereocenters. The van der Waals surface area contributed by atoms with Crippen molar-refractivity contribution in [2.24, 2.45) is 0 Å². The molecule has 0 radical (unpaired) electrons. The normalized spacial score (nSPS) is 11.3. The maximum Gasteiger partial charge on any atom is 0.166 e. The zero-order valence-corrected chi connectivity index (χ0v) is 18.4. The summed E-state index contributed by atoms with van der Waals surface area (Å²) in [6.07, 6.45) is 4.17. The Labute approximate surface area is 185 Å². The number of aromatic amines is 1. The first kappa shape index (κ1) is 20.5. The van der Waals surface area contributed by atoms with Gasteiger partial charge in [0, 0.05) is 24.4 Å². The predicted molar refractivity (Wildman–Crippen MR) is 120 cm³/mol. The zero-order chi connectivity index (χ0) is 21.3. The fourth-order valence-corrected chi connectivity index (χ4v) is 3.91. The van der Waals surface area contributed by atoms with E-state index >= 15 is 0 Å². The van der Waals surface area contributed by atoms with Gasteiger partial charge in [-0.3, -0.25) is 4.98 Å². The second kappa shape index (κ2) is 8.54. The van der Waals surface area contributed by atoms with Gasteiger partial charge >= 0.3 is 0 Å². The van der Waals surface area contributed by atoms with Crippen molar-refractivity contribution in [3.8, 4) is 17.2 Å². The van der Waals surface area contributed by atoms with E-state index in [0.717, 1.165) is 28.2 Å². The Balaban J connectivity index is 1.69. The molecule has 0 aliphatic heterocycles. The highest BCUT2D eigenvalue weighted by atomic mass is 35.5. The van der Waals surface area contributed by atoms with Crippen molar-refractivity contribution >= 4 is 34.2 Å². The molecule has 7 heteroatoms. The molecule has 2 aromatic carbocycles. The molecule has 30 heavy (non-hydrogen) atoms. The molecule has 0 bridgehead atoms. The fourth-order valence-electron chi connectivity index (χ4n) is 3.33. The first-order valence-corrected chi connectivity index (χ1v) is 10.3. The highest BCUT2D eigenvalue weighted by Gasteiger charge is 2.18. The van der Waals surface area contributed by atoms with Crippen molar-refractivity contribution in [2.75, 3.05) is 7.11 Å². The molecule has 4 aromatic rings. The van der Waals surface area contributed by atoms with E-state index in [9.17, 15) is 0 Å².